The molecule has 0 saturated heterocycles. The van der Waals surface area contributed by atoms with Gasteiger partial charge in [0.15, 0.2) is 0 Å². The van der Waals surface area contributed by atoms with E-state index in [1.165, 1.54) is 0 Å². The number of ether oxygens (including phenoxy) is 1. The van der Waals surface area contributed by atoms with E-state index in [1.54, 1.807) is 31.2 Å². The van der Waals surface area contributed by atoms with E-state index in [4.69, 9.17) is 5.73 Å². The number of ketones is 1. The lowest BCUT2D eigenvalue weighted by Gasteiger charge is -2.00. The molecule has 0 aliphatic heterocycles. The first-order valence-corrected chi connectivity index (χ1v) is 5.69. The van der Waals surface area contributed by atoms with Gasteiger partial charge in [0.25, 0.3) is 5.78 Å². The molecule has 0 atom stereocenters. The summed E-state index contributed by atoms with van der Waals surface area (Å²) in [7, 11) is 0. The highest BCUT2D eigenvalue weighted by atomic mass is 16.5. The van der Waals surface area contributed by atoms with Crippen molar-refractivity contribution in [2.45, 2.75) is 13.3 Å². The second-order valence-electron chi connectivity index (χ2n) is 3.47. The number of Topliss-reactive ketones (excluding diaryl/α,β-unsaturated/α-hetero) is 1. The highest BCUT2D eigenvalue weighted by molar-refractivity contribution is 6.40. The number of esters is 1. The molecule has 0 saturated carbocycles. The van der Waals surface area contributed by atoms with Gasteiger partial charge >= 0.3 is 5.97 Å². The van der Waals surface area contributed by atoms with Gasteiger partial charge in [0.1, 0.15) is 0 Å². The maximum Gasteiger partial charge on any atom is 0.379 e. The van der Waals surface area contributed by atoms with Crippen LogP contribution in [0.3, 0.4) is 0 Å². The molecule has 4 heteroatoms. The van der Waals surface area contributed by atoms with Crippen molar-refractivity contribution in [1.29, 1.82) is 0 Å². The summed E-state index contributed by atoms with van der Waals surface area (Å²) >= 11 is 0. The zero-order valence-electron chi connectivity index (χ0n) is 10.2. The van der Waals surface area contributed by atoms with Gasteiger partial charge in [-0.3, -0.25) is 4.79 Å². The molecule has 0 bridgehead atoms. The Morgan fingerprint density at radius 1 is 1.28 bits per heavy atom. The van der Waals surface area contributed by atoms with Gasteiger partial charge in [0, 0.05) is 24.1 Å². The SMILES string of the molecule is CCOC(=O)C(=O)c1ccc(C#CCCN)cc1. The van der Waals surface area contributed by atoms with E-state index in [0.29, 0.717) is 18.5 Å². The minimum atomic E-state index is -0.834. The average Bonchev–Trinajstić information content (AvgIpc) is 2.39. The van der Waals surface area contributed by atoms with Gasteiger partial charge in [-0.1, -0.05) is 11.8 Å². The molecule has 0 heterocycles. The summed E-state index contributed by atoms with van der Waals surface area (Å²) in [5.41, 5.74) is 6.40. The fraction of sp³-hybridized carbons (Fsp3) is 0.286. The molecule has 0 unspecified atom stereocenters. The standard InChI is InChI=1S/C14H15NO3/c1-2-18-14(17)13(16)12-8-6-11(7-9-12)5-3-4-10-15/h6-9H,2,4,10,15H2,1H3. The van der Waals surface area contributed by atoms with E-state index < -0.39 is 11.8 Å². The van der Waals surface area contributed by atoms with Crippen molar-refractivity contribution >= 4 is 11.8 Å². The molecule has 4 nitrogen and oxygen atoms in total. The van der Waals surface area contributed by atoms with Gasteiger partial charge in [0.05, 0.1) is 6.61 Å². The Hall–Kier alpha value is -2.12. The Bertz CT molecular complexity index is 480. The molecule has 94 valence electrons. The van der Waals surface area contributed by atoms with Gasteiger partial charge in [-0.2, -0.15) is 0 Å². The third-order valence-corrected chi connectivity index (χ3v) is 2.11. The summed E-state index contributed by atoms with van der Waals surface area (Å²) < 4.78 is 4.64. The number of nitrogens with two attached hydrogens (primary N) is 1. The molecule has 0 amide bonds. The lowest BCUT2D eigenvalue weighted by molar-refractivity contribution is -0.137. The second-order valence-corrected chi connectivity index (χ2v) is 3.47. The van der Waals surface area contributed by atoms with Crippen molar-refractivity contribution in [2.75, 3.05) is 13.2 Å². The van der Waals surface area contributed by atoms with Crippen LogP contribution < -0.4 is 5.73 Å². The summed E-state index contributed by atoms with van der Waals surface area (Å²) in [4.78, 5) is 22.8. The van der Waals surface area contributed by atoms with Gasteiger partial charge in [-0.05, 0) is 31.2 Å². The minimum Gasteiger partial charge on any atom is -0.460 e. The number of carbonyl (C=O) groups is 2. The highest BCUT2D eigenvalue weighted by Crippen LogP contribution is 2.05. The Kier molecular flexibility index (Phi) is 5.62. The van der Waals surface area contributed by atoms with Crippen molar-refractivity contribution in [2.24, 2.45) is 5.73 Å². The molecule has 0 aromatic heterocycles. The number of hydrogen-bond acceptors (Lipinski definition) is 4. The third kappa shape index (κ3) is 4.04. The van der Waals surface area contributed by atoms with Crippen molar-refractivity contribution in [1.82, 2.24) is 0 Å². The van der Waals surface area contributed by atoms with Crippen LogP contribution >= 0.6 is 0 Å². The Morgan fingerprint density at radius 2 is 1.94 bits per heavy atom. The van der Waals surface area contributed by atoms with E-state index in [0.717, 1.165) is 5.56 Å². The molecule has 2 N–H and O–H groups in total. The lowest BCUT2D eigenvalue weighted by Crippen LogP contribution is -2.17. The molecule has 0 aliphatic carbocycles. The summed E-state index contributed by atoms with van der Waals surface area (Å²) in [6.45, 7) is 2.36. The van der Waals surface area contributed by atoms with Crippen LogP contribution in [0.1, 0.15) is 29.3 Å². The lowest BCUT2D eigenvalue weighted by atomic mass is 10.1. The van der Waals surface area contributed by atoms with Crippen LogP contribution in [0.25, 0.3) is 0 Å². The van der Waals surface area contributed by atoms with Gasteiger partial charge in [-0.15, -0.1) is 0 Å². The van der Waals surface area contributed by atoms with Crippen LogP contribution in [0.5, 0.6) is 0 Å². The number of rotatable bonds is 4. The number of carbonyl (C=O) groups excluding carboxylic acids is 2. The van der Waals surface area contributed by atoms with E-state index >= 15 is 0 Å². The molecule has 1 rings (SSSR count). The van der Waals surface area contributed by atoms with E-state index in [2.05, 4.69) is 16.6 Å². The Labute approximate surface area is 106 Å². The van der Waals surface area contributed by atoms with Gasteiger partial charge < -0.3 is 10.5 Å². The summed E-state index contributed by atoms with van der Waals surface area (Å²) in [6, 6.07) is 6.50. The maximum atomic E-state index is 11.6. The van der Waals surface area contributed by atoms with Crippen molar-refractivity contribution in [3.05, 3.63) is 35.4 Å². The summed E-state index contributed by atoms with van der Waals surface area (Å²) in [5, 5.41) is 0. The molecule has 1 aromatic rings. The van der Waals surface area contributed by atoms with Gasteiger partial charge in [0.2, 0.25) is 0 Å². The molecule has 18 heavy (non-hydrogen) atoms. The largest absolute Gasteiger partial charge is 0.460 e. The highest BCUT2D eigenvalue weighted by Gasteiger charge is 2.16. The van der Waals surface area contributed by atoms with E-state index in [-0.39, 0.29) is 6.61 Å². The van der Waals surface area contributed by atoms with Crippen molar-refractivity contribution < 1.29 is 14.3 Å². The smallest absolute Gasteiger partial charge is 0.379 e. The molecule has 1 aromatic carbocycles. The topological polar surface area (TPSA) is 69.4 Å². The number of benzene rings is 1. The zero-order valence-corrected chi connectivity index (χ0v) is 10.2. The van der Waals surface area contributed by atoms with Crippen LogP contribution in [-0.2, 0) is 9.53 Å². The zero-order chi connectivity index (χ0) is 13.4. The average molecular weight is 245 g/mol. The predicted octanol–water partition coefficient (Wildman–Crippen LogP) is 1.13. The van der Waals surface area contributed by atoms with Crippen LogP contribution in [0.4, 0.5) is 0 Å². The first kappa shape index (κ1) is 13.9. The third-order valence-electron chi connectivity index (χ3n) is 2.11. The van der Waals surface area contributed by atoms with Crippen LogP contribution in [0, 0.1) is 11.8 Å². The normalized spacial score (nSPS) is 9.22. The predicted molar refractivity (Wildman–Crippen MR) is 68.0 cm³/mol. The first-order chi connectivity index (χ1) is 8.69. The second kappa shape index (κ2) is 7.25. The number of hydrogen-bond donors (Lipinski definition) is 1. The van der Waals surface area contributed by atoms with Crippen LogP contribution in [-0.4, -0.2) is 24.9 Å². The maximum absolute atomic E-state index is 11.6. The Balaban J connectivity index is 2.74. The monoisotopic (exact) mass is 245 g/mol. The van der Waals surface area contributed by atoms with Crippen LogP contribution in [0.15, 0.2) is 24.3 Å². The fourth-order valence-electron chi connectivity index (χ4n) is 1.26. The van der Waals surface area contributed by atoms with Crippen molar-refractivity contribution in [3.63, 3.8) is 0 Å². The molecule has 0 spiro atoms. The van der Waals surface area contributed by atoms with Crippen molar-refractivity contribution in [3.8, 4) is 11.8 Å². The van der Waals surface area contributed by atoms with Crippen LogP contribution in [0.2, 0.25) is 0 Å². The Morgan fingerprint density at radius 3 is 2.50 bits per heavy atom. The molecule has 0 fully saturated rings. The summed E-state index contributed by atoms with van der Waals surface area (Å²) in [6.07, 6.45) is 0.628. The summed E-state index contributed by atoms with van der Waals surface area (Å²) in [5.74, 6) is 4.33. The fourth-order valence-corrected chi connectivity index (χ4v) is 1.26. The molecule has 0 radical (unpaired) electrons. The first-order valence-electron chi connectivity index (χ1n) is 5.69. The molecular formula is C14H15NO3. The quantitative estimate of drug-likeness (QED) is 0.374. The van der Waals surface area contributed by atoms with Gasteiger partial charge in [-0.25, -0.2) is 4.79 Å². The van der Waals surface area contributed by atoms with E-state index in [9.17, 15) is 9.59 Å². The minimum absolute atomic E-state index is 0.188. The molecular weight excluding hydrogens is 230 g/mol. The molecule has 0 aliphatic rings. The van der Waals surface area contributed by atoms with E-state index in [1.807, 2.05) is 0 Å².